The van der Waals surface area contributed by atoms with Gasteiger partial charge in [0.2, 0.25) is 0 Å². The summed E-state index contributed by atoms with van der Waals surface area (Å²) in [6.07, 6.45) is 5.37. The highest BCUT2D eigenvalue weighted by molar-refractivity contribution is 6.09. The maximum atomic E-state index is 9.02. The van der Waals surface area contributed by atoms with Crippen LogP contribution in [0.15, 0.2) is 206 Å². The highest BCUT2D eigenvalue weighted by Gasteiger charge is 2.21. The predicted octanol–water partition coefficient (Wildman–Crippen LogP) is 13.6. The number of imidazole rings is 1. The topological polar surface area (TPSA) is 35.9 Å². The quantitative estimate of drug-likeness (QED) is 0.113. The second kappa shape index (κ2) is 15.0. The minimum absolute atomic E-state index is 0.130. The van der Waals surface area contributed by atoms with Crippen LogP contribution in [-0.4, -0.2) is 14.1 Å². The number of para-hydroxylation sites is 4. The second-order valence-corrected chi connectivity index (χ2v) is 14.7. The van der Waals surface area contributed by atoms with Crippen molar-refractivity contribution >= 4 is 32.8 Å². The highest BCUT2D eigenvalue weighted by Crippen LogP contribution is 2.39. The van der Waals surface area contributed by atoms with Gasteiger partial charge in [-0.3, -0.25) is 13.7 Å². The molecule has 8 aromatic carbocycles. The van der Waals surface area contributed by atoms with Crippen LogP contribution in [0.3, 0.4) is 0 Å². The van der Waals surface area contributed by atoms with Gasteiger partial charge in [-0.1, -0.05) is 157 Å². The Labute approximate surface area is 368 Å². The van der Waals surface area contributed by atoms with Gasteiger partial charge in [0.15, 0.2) is 0 Å². The monoisotopic (exact) mass is 794 g/mol. The Kier molecular flexibility index (Phi) is 6.60. The van der Waals surface area contributed by atoms with Crippen LogP contribution in [0, 0.1) is 20.2 Å². The zero-order chi connectivity index (χ0) is 49.6. The predicted molar refractivity (Wildman–Crippen MR) is 248 cm³/mol. The number of nitrogens with zero attached hydrogens (tertiary/aromatic N) is 4. The minimum atomic E-state index is -0.567. The molecule has 0 spiro atoms. The first kappa shape index (κ1) is 26.9. The molecular weight excluding hydrogens is 745 g/mol. The summed E-state index contributed by atoms with van der Waals surface area (Å²) in [4.78, 5) is 5.03. The van der Waals surface area contributed by atoms with Crippen molar-refractivity contribution in [3.63, 3.8) is 0 Å². The lowest BCUT2D eigenvalue weighted by molar-refractivity contribution is -0.571. The van der Waals surface area contributed by atoms with Crippen LogP contribution in [-0.2, 0) is 0 Å². The van der Waals surface area contributed by atoms with Crippen molar-refractivity contribution < 1.29 is 23.0 Å². The lowest BCUT2D eigenvalue weighted by Crippen LogP contribution is -2.31. The zero-order valence-electron chi connectivity index (χ0n) is 43.1. The second-order valence-electron chi connectivity index (χ2n) is 14.7. The molecule has 0 aliphatic rings. The van der Waals surface area contributed by atoms with Gasteiger partial charge in [0, 0.05) is 28.6 Å². The molecule has 5 heteroatoms. The summed E-state index contributed by atoms with van der Waals surface area (Å²) in [5.74, 6) is 1.91. The molecule has 0 unspecified atom stereocenters. The maximum absolute atomic E-state index is 9.02. The van der Waals surface area contributed by atoms with Crippen molar-refractivity contribution in [2.75, 3.05) is 0 Å². The maximum Gasteiger partial charge on any atom is 0.269 e. The van der Waals surface area contributed by atoms with Gasteiger partial charge in [-0.05, 0) is 89.2 Å². The molecule has 0 saturated carbocycles. The third-order valence-corrected chi connectivity index (χ3v) is 11.1. The van der Waals surface area contributed by atoms with E-state index >= 15 is 0 Å². The van der Waals surface area contributed by atoms with Gasteiger partial charge in [0.25, 0.3) is 6.33 Å². The summed E-state index contributed by atoms with van der Waals surface area (Å²) < 4.78 is 99.3. The summed E-state index contributed by atoms with van der Waals surface area (Å²) in [6.45, 7) is 4.19. The fourth-order valence-corrected chi connectivity index (χ4v) is 8.44. The summed E-state index contributed by atoms with van der Waals surface area (Å²) >= 11 is 0. The molecule has 0 atom stereocenters. The summed E-state index contributed by atoms with van der Waals surface area (Å²) in [5.41, 5.74) is 8.36. The smallest absolute Gasteiger partial charge is 0.269 e. The molecule has 290 valence electrons. The van der Waals surface area contributed by atoms with E-state index in [1.165, 1.54) is 0 Å². The number of rotatable bonds is 8. The van der Waals surface area contributed by atoms with E-state index in [2.05, 4.69) is 55.1 Å². The molecule has 0 bridgehead atoms. The Bertz CT molecular complexity index is 3870. The zero-order valence-corrected chi connectivity index (χ0v) is 33.1. The van der Waals surface area contributed by atoms with E-state index in [1.54, 1.807) is 27.3 Å². The molecule has 61 heavy (non-hydrogen) atoms. The van der Waals surface area contributed by atoms with Crippen molar-refractivity contribution in [3.8, 4) is 62.1 Å². The molecule has 0 radical (unpaired) electrons. The summed E-state index contributed by atoms with van der Waals surface area (Å²) in [5, 5.41) is 2.11. The van der Waals surface area contributed by atoms with Crippen molar-refractivity contribution in [1.29, 1.82) is 0 Å². The van der Waals surface area contributed by atoms with Gasteiger partial charge in [-0.15, -0.1) is 0 Å². The Morgan fingerprint density at radius 3 is 1.97 bits per heavy atom. The van der Waals surface area contributed by atoms with Crippen LogP contribution in [0.1, 0.15) is 24.8 Å². The third kappa shape index (κ3) is 6.26. The van der Waals surface area contributed by atoms with Gasteiger partial charge in [0.1, 0.15) is 17.3 Å². The van der Waals surface area contributed by atoms with E-state index in [9.17, 15) is 0 Å². The third-order valence-electron chi connectivity index (χ3n) is 11.1. The molecule has 0 saturated heterocycles. The molecule has 11 rings (SSSR count). The molecule has 3 heterocycles. The normalized spacial score (nSPS) is 13.7. The number of fused-ring (bicyclic) bond motifs is 4. The van der Waals surface area contributed by atoms with Crippen LogP contribution in [0.5, 0.6) is 11.5 Å². The molecular formula is C56H40N4O. The van der Waals surface area contributed by atoms with Crippen molar-refractivity contribution in [3.05, 3.63) is 224 Å². The summed E-state index contributed by atoms with van der Waals surface area (Å²) in [6, 6.07) is 39.0. The molecule has 0 aliphatic carbocycles. The number of hydrogen-bond acceptors (Lipinski definition) is 2. The van der Waals surface area contributed by atoms with Gasteiger partial charge >= 0.3 is 0 Å². The van der Waals surface area contributed by atoms with Crippen LogP contribution in [0.2, 0.25) is 0 Å². The number of aromatic nitrogens is 4. The number of aryl methyl sites for hydroxylation is 1. The standard InChI is InChI=1S/C56H40N4O/c1-38-36-57-56(39(2)54(38)42-22-10-5-11-23-42)60-50-29-13-12-26-48(50)49-33-32-45(35-53(49)60)61-44-25-16-24-43(34-44)58-37-59(52-31-15-14-30-51(52)58)55-46(40-18-6-3-7-19-40)27-17-28-47(55)41-20-8-4-9-21-41/h3-36H,1-2H3/i3D,4D,6D,7D,8D,9D,18D,19D,20D,21D. The lowest BCUT2D eigenvalue weighted by atomic mass is 9.95. The van der Waals surface area contributed by atoms with E-state index in [0.717, 1.165) is 49.9 Å². The van der Waals surface area contributed by atoms with Gasteiger partial charge in [-0.2, -0.15) is 0 Å². The molecule has 5 nitrogen and oxygen atoms in total. The first-order chi connectivity index (χ1) is 34.2. The van der Waals surface area contributed by atoms with E-state index in [-0.39, 0.29) is 27.9 Å². The fraction of sp³-hybridized carbons (Fsp3) is 0.0357. The number of ether oxygens (including phenoxy) is 1. The van der Waals surface area contributed by atoms with E-state index in [4.69, 9.17) is 23.4 Å². The molecule has 0 aliphatic heterocycles. The average molecular weight is 795 g/mol. The molecule has 0 amide bonds. The lowest BCUT2D eigenvalue weighted by Gasteiger charge is -2.17. The highest BCUT2D eigenvalue weighted by atomic mass is 16.5. The van der Waals surface area contributed by atoms with Crippen molar-refractivity contribution in [1.82, 2.24) is 14.1 Å². The first-order valence-electron chi connectivity index (χ1n) is 24.8. The van der Waals surface area contributed by atoms with Crippen molar-refractivity contribution in [2.24, 2.45) is 0 Å². The number of hydrogen-bond donors (Lipinski definition) is 0. The number of pyridine rings is 1. The molecule has 11 aromatic rings. The molecule has 0 fully saturated rings. The van der Waals surface area contributed by atoms with E-state index in [0.29, 0.717) is 28.2 Å². The minimum Gasteiger partial charge on any atom is -0.458 e. The fourth-order valence-electron chi connectivity index (χ4n) is 8.44. The van der Waals surface area contributed by atoms with Crippen LogP contribution < -0.4 is 9.30 Å². The Morgan fingerprint density at radius 2 is 1.21 bits per heavy atom. The van der Waals surface area contributed by atoms with Crippen molar-refractivity contribution in [2.45, 2.75) is 13.8 Å². The van der Waals surface area contributed by atoms with Gasteiger partial charge in [0.05, 0.1) is 47.1 Å². The summed E-state index contributed by atoms with van der Waals surface area (Å²) in [7, 11) is 0. The van der Waals surface area contributed by atoms with Gasteiger partial charge in [-0.25, -0.2) is 4.98 Å². The Hall–Kier alpha value is -8.02. The Morgan fingerprint density at radius 1 is 0.574 bits per heavy atom. The van der Waals surface area contributed by atoms with E-state index in [1.807, 2.05) is 97.2 Å². The largest absolute Gasteiger partial charge is 0.458 e. The van der Waals surface area contributed by atoms with Crippen LogP contribution in [0.4, 0.5) is 0 Å². The Balaban J connectivity index is 1.07. The average Bonchev–Trinajstić information content (AvgIpc) is 3.93. The number of benzene rings is 8. The molecule has 0 N–H and O–H groups in total. The first-order valence-corrected chi connectivity index (χ1v) is 19.8. The van der Waals surface area contributed by atoms with Crippen LogP contribution in [0.25, 0.3) is 83.4 Å². The van der Waals surface area contributed by atoms with Crippen LogP contribution >= 0.6 is 0 Å². The van der Waals surface area contributed by atoms with Gasteiger partial charge < -0.3 is 4.74 Å². The van der Waals surface area contributed by atoms with E-state index < -0.39 is 60.4 Å². The SMILES string of the molecule is [2H]c1c([2H])c([2H])c(-c2cccc(-c3c([2H])c([2H])c([2H])c([2H])c3[2H])c2-[n+]2[c-]n(-c3cccc(Oc4ccc5c6ccccc6n(-c6ncc(C)c(-c7ccccc7)c6C)c5c4)c3)c3ccccc32)c([2H])c1[2H]. The molecule has 3 aromatic heterocycles.